The molecule has 2 aromatic carbocycles. The predicted molar refractivity (Wildman–Crippen MR) is 120 cm³/mol. The van der Waals surface area contributed by atoms with Gasteiger partial charge >= 0.3 is 18.1 Å². The van der Waals surface area contributed by atoms with Gasteiger partial charge in [-0.3, -0.25) is 4.90 Å². The molecule has 0 aromatic heterocycles. The Labute approximate surface area is 208 Å². The standard InChI is InChI=1S/C24H21Cl2F4NO4/c25-19-4-3-16(10-20(19)26)34-15-5-7-31(8-6-15)12-14-9-21(27)18(11-17(14)13-1-2-13)22(32)35-23(33)24(28,29)30/h3-4,9-11,13,15H,1-2,5-8,12H2. The molecular formula is C24H21Cl2F4NO4. The fourth-order valence-corrected chi connectivity index (χ4v) is 4.35. The minimum absolute atomic E-state index is 0.0218. The molecule has 0 spiro atoms. The smallest absolute Gasteiger partial charge is 0.490 e. The van der Waals surface area contributed by atoms with Crippen molar-refractivity contribution in [3.05, 3.63) is 62.9 Å². The van der Waals surface area contributed by atoms with Crippen molar-refractivity contribution in [3.63, 3.8) is 0 Å². The van der Waals surface area contributed by atoms with Gasteiger partial charge in [-0.05, 0) is 67.0 Å². The summed E-state index contributed by atoms with van der Waals surface area (Å²) in [5.41, 5.74) is 0.668. The Morgan fingerprint density at radius 1 is 1.00 bits per heavy atom. The van der Waals surface area contributed by atoms with Crippen molar-refractivity contribution >= 4 is 35.1 Å². The number of hydrogen-bond acceptors (Lipinski definition) is 5. The number of benzene rings is 2. The van der Waals surface area contributed by atoms with Gasteiger partial charge in [0.1, 0.15) is 17.7 Å². The minimum Gasteiger partial charge on any atom is -0.490 e. The van der Waals surface area contributed by atoms with Crippen LogP contribution in [0.15, 0.2) is 30.3 Å². The summed E-state index contributed by atoms with van der Waals surface area (Å²) in [5, 5.41) is 0.852. The first-order valence-corrected chi connectivity index (χ1v) is 11.8. The van der Waals surface area contributed by atoms with Gasteiger partial charge in [0.05, 0.1) is 15.6 Å². The van der Waals surface area contributed by atoms with Crippen molar-refractivity contribution in [2.45, 2.75) is 50.4 Å². The molecule has 2 fully saturated rings. The highest BCUT2D eigenvalue weighted by Crippen LogP contribution is 2.43. The minimum atomic E-state index is -5.35. The normalized spacial score (nSPS) is 17.3. The number of carbonyl (C=O) groups excluding carboxylic acids is 2. The topological polar surface area (TPSA) is 55.8 Å². The first-order chi connectivity index (χ1) is 16.5. The van der Waals surface area contributed by atoms with E-state index in [1.54, 1.807) is 18.2 Å². The summed E-state index contributed by atoms with van der Waals surface area (Å²) in [5.74, 6) is -4.64. The van der Waals surface area contributed by atoms with E-state index in [0.717, 1.165) is 31.7 Å². The lowest BCUT2D eigenvalue weighted by Crippen LogP contribution is -2.38. The monoisotopic (exact) mass is 533 g/mol. The summed E-state index contributed by atoms with van der Waals surface area (Å²) < 4.78 is 61.7. The summed E-state index contributed by atoms with van der Waals surface area (Å²) in [7, 11) is 0. The third-order valence-electron chi connectivity index (χ3n) is 6.01. The Morgan fingerprint density at radius 3 is 2.29 bits per heavy atom. The predicted octanol–water partition coefficient (Wildman–Crippen LogP) is 6.30. The lowest BCUT2D eigenvalue weighted by atomic mass is 9.98. The molecular weight excluding hydrogens is 513 g/mol. The molecule has 1 saturated carbocycles. The number of alkyl halides is 3. The Balaban J connectivity index is 1.40. The highest BCUT2D eigenvalue weighted by Gasteiger charge is 2.43. The molecule has 1 aliphatic heterocycles. The van der Waals surface area contributed by atoms with E-state index in [1.807, 2.05) is 0 Å². The van der Waals surface area contributed by atoms with Crippen molar-refractivity contribution in [1.82, 2.24) is 4.90 Å². The molecule has 5 nitrogen and oxygen atoms in total. The maximum atomic E-state index is 14.7. The van der Waals surface area contributed by atoms with E-state index in [-0.39, 0.29) is 12.0 Å². The van der Waals surface area contributed by atoms with Gasteiger partial charge in [-0.2, -0.15) is 13.2 Å². The zero-order valence-electron chi connectivity index (χ0n) is 18.3. The second-order valence-corrected chi connectivity index (χ2v) is 9.46. The molecule has 1 aliphatic carbocycles. The number of halogens is 6. The van der Waals surface area contributed by atoms with E-state index in [9.17, 15) is 27.2 Å². The molecule has 0 N–H and O–H groups in total. The molecule has 35 heavy (non-hydrogen) atoms. The third-order valence-corrected chi connectivity index (χ3v) is 6.74. The van der Waals surface area contributed by atoms with E-state index in [2.05, 4.69) is 9.64 Å². The molecule has 0 bridgehead atoms. The SMILES string of the molecule is O=C(OC(=O)C(F)(F)F)c1cc(C2CC2)c(CN2CCC(Oc3ccc(Cl)c(Cl)c3)CC2)cc1F. The molecule has 2 aromatic rings. The first-order valence-electron chi connectivity index (χ1n) is 11.0. The number of nitrogens with zero attached hydrogens (tertiary/aromatic N) is 1. The van der Waals surface area contributed by atoms with Crippen LogP contribution in [0.5, 0.6) is 5.75 Å². The van der Waals surface area contributed by atoms with E-state index < -0.39 is 29.5 Å². The van der Waals surface area contributed by atoms with Gasteiger partial charge in [0.2, 0.25) is 0 Å². The lowest BCUT2D eigenvalue weighted by Gasteiger charge is -2.32. The lowest BCUT2D eigenvalue weighted by molar-refractivity contribution is -0.193. The van der Waals surface area contributed by atoms with Gasteiger partial charge in [0.15, 0.2) is 0 Å². The van der Waals surface area contributed by atoms with Crippen LogP contribution in [0, 0.1) is 5.82 Å². The zero-order valence-corrected chi connectivity index (χ0v) is 19.9. The van der Waals surface area contributed by atoms with E-state index in [1.165, 1.54) is 6.07 Å². The zero-order chi connectivity index (χ0) is 25.3. The van der Waals surface area contributed by atoms with Gasteiger partial charge in [-0.1, -0.05) is 23.2 Å². The van der Waals surface area contributed by atoms with Crippen LogP contribution in [-0.2, 0) is 16.1 Å². The molecule has 11 heteroatoms. The molecule has 0 amide bonds. The molecule has 0 unspecified atom stereocenters. The third kappa shape index (κ3) is 6.45. The van der Waals surface area contributed by atoms with Crippen molar-refractivity contribution in [2.24, 2.45) is 0 Å². The highest BCUT2D eigenvalue weighted by molar-refractivity contribution is 6.42. The highest BCUT2D eigenvalue weighted by atomic mass is 35.5. The number of likely N-dealkylation sites (tertiary alicyclic amines) is 1. The first kappa shape index (κ1) is 25.7. The van der Waals surface area contributed by atoms with Crippen molar-refractivity contribution < 1.29 is 36.6 Å². The second-order valence-electron chi connectivity index (χ2n) is 8.65. The maximum absolute atomic E-state index is 14.7. The van der Waals surface area contributed by atoms with Crippen LogP contribution < -0.4 is 4.74 Å². The van der Waals surface area contributed by atoms with Crippen LogP contribution in [0.4, 0.5) is 17.6 Å². The van der Waals surface area contributed by atoms with Gasteiger partial charge in [-0.15, -0.1) is 0 Å². The Hall–Kier alpha value is -2.36. The second kappa shape index (κ2) is 10.3. The van der Waals surface area contributed by atoms with E-state index in [4.69, 9.17) is 27.9 Å². The van der Waals surface area contributed by atoms with Crippen molar-refractivity contribution in [3.8, 4) is 5.75 Å². The Kier molecular flexibility index (Phi) is 7.59. The Bertz CT molecular complexity index is 1130. The van der Waals surface area contributed by atoms with Crippen molar-refractivity contribution in [2.75, 3.05) is 13.1 Å². The summed E-state index contributed by atoms with van der Waals surface area (Å²) in [4.78, 5) is 25.1. The van der Waals surface area contributed by atoms with Crippen molar-refractivity contribution in [1.29, 1.82) is 0 Å². The molecule has 2 aliphatic rings. The summed E-state index contributed by atoms with van der Waals surface area (Å²) in [6.07, 6.45) is -2.26. The molecule has 1 heterocycles. The van der Waals surface area contributed by atoms with Crippen LogP contribution >= 0.6 is 23.2 Å². The number of piperidine rings is 1. The van der Waals surface area contributed by atoms with Crippen LogP contribution in [0.25, 0.3) is 0 Å². The summed E-state index contributed by atoms with van der Waals surface area (Å²) in [6, 6.07) is 7.45. The average Bonchev–Trinajstić information content (AvgIpc) is 3.62. The quantitative estimate of drug-likeness (QED) is 0.248. The van der Waals surface area contributed by atoms with E-state index >= 15 is 0 Å². The van der Waals surface area contributed by atoms with E-state index in [0.29, 0.717) is 46.6 Å². The van der Waals surface area contributed by atoms with Crippen LogP contribution in [0.3, 0.4) is 0 Å². The average molecular weight is 534 g/mol. The summed E-state index contributed by atoms with van der Waals surface area (Å²) in [6.45, 7) is 1.78. The maximum Gasteiger partial charge on any atom is 0.491 e. The fourth-order valence-electron chi connectivity index (χ4n) is 4.06. The number of rotatable bonds is 6. The largest absolute Gasteiger partial charge is 0.491 e. The van der Waals surface area contributed by atoms with Gasteiger partial charge < -0.3 is 9.47 Å². The molecule has 0 atom stereocenters. The Morgan fingerprint density at radius 2 is 1.69 bits per heavy atom. The van der Waals surface area contributed by atoms with Gasteiger partial charge in [0.25, 0.3) is 0 Å². The summed E-state index contributed by atoms with van der Waals surface area (Å²) >= 11 is 12.0. The van der Waals surface area contributed by atoms with Gasteiger partial charge in [-0.25, -0.2) is 14.0 Å². The van der Waals surface area contributed by atoms with Gasteiger partial charge in [0, 0.05) is 25.7 Å². The van der Waals surface area contributed by atoms with Crippen LogP contribution in [-0.4, -0.2) is 42.2 Å². The molecule has 188 valence electrons. The van der Waals surface area contributed by atoms with Crippen LogP contribution in [0.1, 0.15) is 53.1 Å². The number of carbonyl (C=O) groups is 2. The number of ether oxygens (including phenoxy) is 2. The number of hydrogen-bond donors (Lipinski definition) is 0. The molecule has 0 radical (unpaired) electrons. The fraction of sp³-hybridized carbons (Fsp3) is 0.417. The van der Waals surface area contributed by atoms with Crippen LogP contribution in [0.2, 0.25) is 10.0 Å². The molecule has 1 saturated heterocycles. The molecule has 4 rings (SSSR count). The number of esters is 2.